The minimum atomic E-state index is -3.08. The van der Waals surface area contributed by atoms with E-state index in [1.165, 1.54) is 5.56 Å². The van der Waals surface area contributed by atoms with Gasteiger partial charge in [-0.25, -0.2) is 8.42 Å². The fourth-order valence-corrected chi connectivity index (χ4v) is 5.80. The van der Waals surface area contributed by atoms with Gasteiger partial charge in [0.2, 0.25) is 10.0 Å². The van der Waals surface area contributed by atoms with Crippen molar-refractivity contribution in [3.05, 3.63) is 35.9 Å². The third-order valence-electron chi connectivity index (χ3n) is 5.82. The molecular formula is C19H31N3O2S. The van der Waals surface area contributed by atoms with E-state index in [9.17, 15) is 8.42 Å². The van der Waals surface area contributed by atoms with Crippen LogP contribution in [0.4, 0.5) is 0 Å². The van der Waals surface area contributed by atoms with Crippen LogP contribution in [0.5, 0.6) is 0 Å². The molecule has 3 rings (SSSR count). The van der Waals surface area contributed by atoms with Gasteiger partial charge >= 0.3 is 0 Å². The Morgan fingerprint density at radius 2 is 1.56 bits per heavy atom. The quantitative estimate of drug-likeness (QED) is 0.800. The molecule has 2 fully saturated rings. The highest BCUT2D eigenvalue weighted by Crippen LogP contribution is 2.39. The van der Waals surface area contributed by atoms with E-state index in [2.05, 4.69) is 47.2 Å². The summed E-state index contributed by atoms with van der Waals surface area (Å²) < 4.78 is 26.4. The number of rotatable bonds is 5. The molecule has 1 aromatic rings. The molecule has 140 valence electrons. The molecule has 0 bridgehead atoms. The van der Waals surface area contributed by atoms with E-state index in [4.69, 9.17) is 0 Å². The number of piperazine rings is 1. The van der Waals surface area contributed by atoms with Crippen molar-refractivity contribution in [1.29, 1.82) is 0 Å². The SMILES string of the molecule is CCCS(=O)(=O)N1CCN(C2(c3ccccc3)CCN(C)CC2)CC1. The van der Waals surface area contributed by atoms with Crippen molar-refractivity contribution in [2.45, 2.75) is 31.7 Å². The number of likely N-dealkylation sites (tertiary alicyclic amines) is 1. The van der Waals surface area contributed by atoms with Crippen molar-refractivity contribution in [2.24, 2.45) is 0 Å². The second kappa shape index (κ2) is 7.74. The predicted molar refractivity (Wildman–Crippen MR) is 102 cm³/mol. The minimum absolute atomic E-state index is 0.0500. The molecule has 2 aliphatic heterocycles. The van der Waals surface area contributed by atoms with Crippen LogP contribution in [0.25, 0.3) is 0 Å². The van der Waals surface area contributed by atoms with Gasteiger partial charge < -0.3 is 4.90 Å². The van der Waals surface area contributed by atoms with Crippen LogP contribution in [0.3, 0.4) is 0 Å². The minimum Gasteiger partial charge on any atom is -0.306 e. The lowest BCUT2D eigenvalue weighted by Crippen LogP contribution is -2.59. The van der Waals surface area contributed by atoms with Crippen molar-refractivity contribution in [3.8, 4) is 0 Å². The Bertz CT molecular complexity index is 647. The molecular weight excluding hydrogens is 334 g/mol. The fraction of sp³-hybridized carbons (Fsp3) is 0.684. The van der Waals surface area contributed by atoms with E-state index in [1.54, 1.807) is 4.31 Å². The average Bonchev–Trinajstić information content (AvgIpc) is 2.63. The largest absolute Gasteiger partial charge is 0.306 e. The summed E-state index contributed by atoms with van der Waals surface area (Å²) in [6.45, 7) is 6.98. The van der Waals surface area contributed by atoms with E-state index >= 15 is 0 Å². The molecule has 0 atom stereocenters. The van der Waals surface area contributed by atoms with E-state index in [0.29, 0.717) is 19.5 Å². The summed E-state index contributed by atoms with van der Waals surface area (Å²) in [5.74, 6) is 0.265. The third kappa shape index (κ3) is 3.92. The fourth-order valence-electron chi connectivity index (χ4n) is 4.31. The van der Waals surface area contributed by atoms with Crippen LogP contribution < -0.4 is 0 Å². The zero-order chi connectivity index (χ0) is 17.9. The van der Waals surface area contributed by atoms with Crippen LogP contribution in [-0.2, 0) is 15.6 Å². The molecule has 2 saturated heterocycles. The maximum absolute atomic E-state index is 12.4. The van der Waals surface area contributed by atoms with Crippen LogP contribution >= 0.6 is 0 Å². The van der Waals surface area contributed by atoms with Gasteiger partial charge in [-0.05, 0) is 45.0 Å². The van der Waals surface area contributed by atoms with Gasteiger partial charge in [0, 0.05) is 31.7 Å². The molecule has 2 aliphatic rings. The molecule has 6 heteroatoms. The summed E-state index contributed by atoms with van der Waals surface area (Å²) >= 11 is 0. The zero-order valence-electron chi connectivity index (χ0n) is 15.5. The van der Waals surface area contributed by atoms with Crippen LogP contribution in [-0.4, -0.2) is 74.6 Å². The second-order valence-electron chi connectivity index (χ2n) is 7.40. The Hall–Kier alpha value is -0.950. The lowest BCUT2D eigenvalue weighted by atomic mass is 9.79. The molecule has 0 aliphatic carbocycles. The van der Waals surface area contributed by atoms with Crippen LogP contribution in [0.1, 0.15) is 31.7 Å². The van der Waals surface area contributed by atoms with Crippen LogP contribution in [0, 0.1) is 0 Å². The first kappa shape index (κ1) is 18.8. The molecule has 0 amide bonds. The number of nitrogens with zero attached hydrogens (tertiary/aromatic N) is 3. The third-order valence-corrected chi connectivity index (χ3v) is 7.90. The maximum Gasteiger partial charge on any atom is 0.214 e. The first-order valence-electron chi connectivity index (χ1n) is 9.45. The molecule has 25 heavy (non-hydrogen) atoms. The maximum atomic E-state index is 12.4. The van der Waals surface area contributed by atoms with Gasteiger partial charge in [0.1, 0.15) is 0 Å². The highest BCUT2D eigenvalue weighted by molar-refractivity contribution is 7.89. The summed E-state index contributed by atoms with van der Waals surface area (Å²) in [7, 11) is -0.898. The standard InChI is InChI=1S/C19H31N3O2S/c1-3-17-25(23,24)22-15-13-21(14-16-22)19(9-11-20(2)12-10-19)18-7-5-4-6-8-18/h4-8H,3,9-17H2,1-2H3. The van der Waals surface area contributed by atoms with E-state index in [-0.39, 0.29) is 11.3 Å². The summed E-state index contributed by atoms with van der Waals surface area (Å²) in [5, 5.41) is 0. The normalized spacial score (nSPS) is 23.6. The van der Waals surface area contributed by atoms with E-state index in [1.807, 2.05) is 6.92 Å². The van der Waals surface area contributed by atoms with Gasteiger partial charge in [-0.15, -0.1) is 0 Å². The monoisotopic (exact) mass is 365 g/mol. The Labute approximate surface area is 152 Å². The number of piperidine rings is 1. The lowest BCUT2D eigenvalue weighted by molar-refractivity contribution is 0.00333. The van der Waals surface area contributed by atoms with Crippen molar-refractivity contribution < 1.29 is 8.42 Å². The number of benzene rings is 1. The Kier molecular flexibility index (Phi) is 5.83. The van der Waals surface area contributed by atoms with Crippen LogP contribution in [0.2, 0.25) is 0 Å². The summed E-state index contributed by atoms with van der Waals surface area (Å²) in [6.07, 6.45) is 2.90. The van der Waals surface area contributed by atoms with Crippen molar-refractivity contribution in [3.63, 3.8) is 0 Å². The smallest absolute Gasteiger partial charge is 0.214 e. The first-order valence-corrected chi connectivity index (χ1v) is 11.1. The highest BCUT2D eigenvalue weighted by atomic mass is 32.2. The van der Waals surface area contributed by atoms with Gasteiger partial charge in [-0.1, -0.05) is 37.3 Å². The van der Waals surface area contributed by atoms with Gasteiger partial charge in [-0.2, -0.15) is 4.31 Å². The number of sulfonamides is 1. The van der Waals surface area contributed by atoms with Crippen molar-refractivity contribution >= 4 is 10.0 Å². The summed E-state index contributed by atoms with van der Waals surface area (Å²) in [4.78, 5) is 4.94. The Morgan fingerprint density at radius 1 is 0.960 bits per heavy atom. The number of hydrogen-bond acceptors (Lipinski definition) is 4. The Balaban J connectivity index is 1.78. The van der Waals surface area contributed by atoms with Gasteiger partial charge in [0.05, 0.1) is 5.75 Å². The zero-order valence-corrected chi connectivity index (χ0v) is 16.3. The van der Waals surface area contributed by atoms with E-state index < -0.39 is 10.0 Å². The molecule has 0 unspecified atom stereocenters. The average molecular weight is 366 g/mol. The molecule has 0 aromatic heterocycles. The first-order chi connectivity index (χ1) is 12.0. The molecule has 0 radical (unpaired) electrons. The van der Waals surface area contributed by atoms with Gasteiger partial charge in [0.15, 0.2) is 0 Å². The topological polar surface area (TPSA) is 43.9 Å². The molecule has 5 nitrogen and oxygen atoms in total. The van der Waals surface area contributed by atoms with Crippen molar-refractivity contribution in [2.75, 3.05) is 52.1 Å². The summed E-state index contributed by atoms with van der Waals surface area (Å²) in [6, 6.07) is 10.8. The molecule has 0 saturated carbocycles. The van der Waals surface area contributed by atoms with E-state index in [0.717, 1.165) is 39.0 Å². The highest BCUT2D eigenvalue weighted by Gasteiger charge is 2.42. The van der Waals surface area contributed by atoms with Crippen molar-refractivity contribution in [1.82, 2.24) is 14.1 Å². The van der Waals surface area contributed by atoms with Gasteiger partial charge in [0.25, 0.3) is 0 Å². The van der Waals surface area contributed by atoms with Gasteiger partial charge in [-0.3, -0.25) is 4.90 Å². The second-order valence-corrected chi connectivity index (χ2v) is 9.49. The molecule has 2 heterocycles. The Morgan fingerprint density at radius 3 is 2.12 bits per heavy atom. The summed E-state index contributed by atoms with van der Waals surface area (Å²) in [5.41, 5.74) is 1.43. The molecule has 0 spiro atoms. The predicted octanol–water partition coefficient (Wildman–Crippen LogP) is 1.96. The molecule has 0 N–H and O–H groups in total. The lowest BCUT2D eigenvalue weighted by Gasteiger charge is -2.51. The van der Waals surface area contributed by atoms with Crippen LogP contribution in [0.15, 0.2) is 30.3 Å². The molecule has 1 aromatic carbocycles. The number of hydrogen-bond donors (Lipinski definition) is 0.